The summed E-state index contributed by atoms with van der Waals surface area (Å²) >= 11 is 5.83. The van der Waals surface area contributed by atoms with Crippen LogP contribution in [0.15, 0.2) is 23.1 Å². The lowest BCUT2D eigenvalue weighted by molar-refractivity contribution is 0.310. The molecule has 1 saturated heterocycles. The van der Waals surface area contributed by atoms with Crippen LogP contribution in [-0.2, 0) is 10.0 Å². The summed E-state index contributed by atoms with van der Waals surface area (Å²) in [5.41, 5.74) is 0. The number of rotatable bonds is 2. The minimum absolute atomic E-state index is 0.00352. The van der Waals surface area contributed by atoms with E-state index in [1.54, 1.807) is 0 Å². The molecule has 0 N–H and O–H groups in total. The van der Waals surface area contributed by atoms with Crippen molar-refractivity contribution in [2.45, 2.75) is 17.7 Å². The number of hydrogen-bond donors (Lipinski definition) is 0. The second-order valence-electron chi connectivity index (χ2n) is 4.38. The normalized spacial score (nSPS) is 18.2. The van der Waals surface area contributed by atoms with Crippen molar-refractivity contribution in [2.24, 2.45) is 5.92 Å². The summed E-state index contributed by atoms with van der Waals surface area (Å²) in [4.78, 5) is -0.218. The molecule has 0 unspecified atom stereocenters. The summed E-state index contributed by atoms with van der Waals surface area (Å²) in [5.74, 6) is -0.760. The molecule has 4 nitrogen and oxygen atoms in total. The average molecular weight is 303 g/mol. The molecule has 1 aliphatic heterocycles. The molecule has 0 amide bonds. The third-order valence-electron chi connectivity index (χ3n) is 3.15. The summed E-state index contributed by atoms with van der Waals surface area (Å²) in [7, 11) is -3.79. The first-order valence-electron chi connectivity index (χ1n) is 5.80. The Bertz CT molecular complexity index is 619. The molecule has 1 fully saturated rings. The number of nitriles is 1. The van der Waals surface area contributed by atoms with Crippen molar-refractivity contribution in [2.75, 3.05) is 13.1 Å². The van der Waals surface area contributed by atoms with E-state index >= 15 is 0 Å². The van der Waals surface area contributed by atoms with Crippen LogP contribution < -0.4 is 0 Å². The fourth-order valence-corrected chi connectivity index (χ4v) is 3.99. The van der Waals surface area contributed by atoms with Gasteiger partial charge in [-0.25, -0.2) is 12.8 Å². The topological polar surface area (TPSA) is 61.2 Å². The van der Waals surface area contributed by atoms with Crippen LogP contribution in [0.4, 0.5) is 4.39 Å². The maximum atomic E-state index is 13.2. The first-order valence-corrected chi connectivity index (χ1v) is 7.62. The zero-order chi connectivity index (χ0) is 14.0. The van der Waals surface area contributed by atoms with Crippen molar-refractivity contribution in [1.82, 2.24) is 4.31 Å². The maximum Gasteiger partial charge on any atom is 0.244 e. The molecule has 0 atom stereocenters. The number of sulfonamides is 1. The molecule has 0 aliphatic carbocycles. The van der Waals surface area contributed by atoms with E-state index in [9.17, 15) is 12.8 Å². The molecule has 0 aromatic heterocycles. The predicted molar refractivity (Wildman–Crippen MR) is 68.5 cm³/mol. The van der Waals surface area contributed by atoms with Gasteiger partial charge in [-0.1, -0.05) is 11.6 Å². The second kappa shape index (κ2) is 5.45. The Hall–Kier alpha value is -1.16. The third kappa shape index (κ3) is 2.89. The number of halogens is 2. The van der Waals surface area contributed by atoms with Gasteiger partial charge in [0.25, 0.3) is 0 Å². The highest BCUT2D eigenvalue weighted by Crippen LogP contribution is 2.28. The minimum atomic E-state index is -3.79. The van der Waals surface area contributed by atoms with E-state index in [1.165, 1.54) is 10.4 Å². The molecule has 2 rings (SSSR count). The van der Waals surface area contributed by atoms with Gasteiger partial charge in [0.2, 0.25) is 10.0 Å². The standard InChI is InChI=1S/C12H12ClFN2O2S/c13-11-2-1-10(14)7-12(11)19(17,18)16-5-3-9(8-15)4-6-16/h1-2,7,9H,3-6H2. The van der Waals surface area contributed by atoms with E-state index in [2.05, 4.69) is 6.07 Å². The van der Waals surface area contributed by atoms with Crippen LogP contribution in [0.2, 0.25) is 5.02 Å². The molecule has 0 radical (unpaired) electrons. The van der Waals surface area contributed by atoms with Crippen molar-refractivity contribution >= 4 is 21.6 Å². The third-order valence-corrected chi connectivity index (χ3v) is 5.53. The van der Waals surface area contributed by atoms with Gasteiger partial charge in [0.05, 0.1) is 11.1 Å². The Balaban J connectivity index is 2.29. The SMILES string of the molecule is N#CC1CCN(S(=O)(=O)c2cc(F)ccc2Cl)CC1. The smallest absolute Gasteiger partial charge is 0.207 e. The summed E-state index contributed by atoms with van der Waals surface area (Å²) in [6.45, 7) is 0.515. The van der Waals surface area contributed by atoms with E-state index < -0.39 is 15.8 Å². The highest BCUT2D eigenvalue weighted by molar-refractivity contribution is 7.89. The first-order chi connectivity index (χ1) is 8.95. The molecule has 0 saturated carbocycles. The molecular formula is C12H12ClFN2O2S. The summed E-state index contributed by atoms with van der Waals surface area (Å²) in [5, 5.41) is 8.79. The molecule has 0 spiro atoms. The predicted octanol–water partition coefficient (Wildman–Crippen LogP) is 2.40. The van der Waals surface area contributed by atoms with E-state index in [1.807, 2.05) is 0 Å². The lowest BCUT2D eigenvalue weighted by Gasteiger charge is -2.28. The number of hydrogen-bond acceptors (Lipinski definition) is 3. The minimum Gasteiger partial charge on any atom is -0.207 e. The van der Waals surface area contributed by atoms with Gasteiger partial charge in [-0.05, 0) is 31.0 Å². The number of benzene rings is 1. The monoisotopic (exact) mass is 302 g/mol. The van der Waals surface area contributed by atoms with Crippen molar-refractivity contribution < 1.29 is 12.8 Å². The maximum absolute atomic E-state index is 13.2. The Labute approximate surface area is 116 Å². The summed E-state index contributed by atoms with van der Waals surface area (Å²) in [6, 6.07) is 5.40. The highest BCUT2D eigenvalue weighted by atomic mass is 35.5. The van der Waals surface area contributed by atoms with Gasteiger partial charge >= 0.3 is 0 Å². The highest BCUT2D eigenvalue weighted by Gasteiger charge is 2.31. The molecule has 7 heteroatoms. The Morgan fingerprint density at radius 2 is 2.00 bits per heavy atom. The first kappa shape index (κ1) is 14.3. The van der Waals surface area contributed by atoms with E-state index in [-0.39, 0.29) is 28.9 Å². The van der Waals surface area contributed by atoms with Crippen LogP contribution >= 0.6 is 11.6 Å². The van der Waals surface area contributed by atoms with Crippen molar-refractivity contribution in [1.29, 1.82) is 5.26 Å². The largest absolute Gasteiger partial charge is 0.244 e. The van der Waals surface area contributed by atoms with Crippen molar-refractivity contribution in [3.05, 3.63) is 29.0 Å². The van der Waals surface area contributed by atoms with Crippen LogP contribution in [0.25, 0.3) is 0 Å². The van der Waals surface area contributed by atoms with Crippen molar-refractivity contribution in [3.63, 3.8) is 0 Å². The van der Waals surface area contributed by atoms with Gasteiger partial charge in [-0.15, -0.1) is 0 Å². The Kier molecular flexibility index (Phi) is 4.09. The Morgan fingerprint density at radius 3 is 2.58 bits per heavy atom. The summed E-state index contributed by atoms with van der Waals surface area (Å²) < 4.78 is 39.1. The quantitative estimate of drug-likeness (QED) is 0.843. The molecule has 1 aromatic rings. The van der Waals surface area contributed by atoms with Crippen LogP contribution in [0.1, 0.15) is 12.8 Å². The van der Waals surface area contributed by atoms with E-state index in [0.717, 1.165) is 12.1 Å². The lowest BCUT2D eigenvalue weighted by atomic mass is 10.0. The number of piperidine rings is 1. The van der Waals surface area contributed by atoms with Gasteiger partial charge < -0.3 is 0 Å². The molecule has 102 valence electrons. The molecule has 1 aromatic carbocycles. The van der Waals surface area contributed by atoms with Gasteiger partial charge in [-0.3, -0.25) is 0 Å². The van der Waals surface area contributed by atoms with Gasteiger partial charge in [0.1, 0.15) is 10.7 Å². The fourth-order valence-electron chi connectivity index (χ4n) is 2.04. The van der Waals surface area contributed by atoms with E-state index in [0.29, 0.717) is 12.8 Å². The van der Waals surface area contributed by atoms with Crippen LogP contribution in [0.3, 0.4) is 0 Å². The van der Waals surface area contributed by atoms with Gasteiger partial charge in [0, 0.05) is 19.0 Å². The van der Waals surface area contributed by atoms with E-state index in [4.69, 9.17) is 16.9 Å². The molecule has 1 aliphatic rings. The molecule has 19 heavy (non-hydrogen) atoms. The molecular weight excluding hydrogens is 291 g/mol. The number of nitrogens with zero attached hydrogens (tertiary/aromatic N) is 2. The summed E-state index contributed by atoms with van der Waals surface area (Å²) in [6.07, 6.45) is 0.978. The molecule has 1 heterocycles. The lowest BCUT2D eigenvalue weighted by Crippen LogP contribution is -2.38. The van der Waals surface area contributed by atoms with Gasteiger partial charge in [0.15, 0.2) is 0 Å². The fraction of sp³-hybridized carbons (Fsp3) is 0.417. The molecule has 0 bridgehead atoms. The van der Waals surface area contributed by atoms with Crippen LogP contribution in [0.5, 0.6) is 0 Å². The zero-order valence-electron chi connectivity index (χ0n) is 10.0. The van der Waals surface area contributed by atoms with Crippen molar-refractivity contribution in [3.8, 4) is 6.07 Å². The average Bonchev–Trinajstić information content (AvgIpc) is 2.41. The Morgan fingerprint density at radius 1 is 1.37 bits per heavy atom. The van der Waals surface area contributed by atoms with Crippen LogP contribution in [0, 0.1) is 23.1 Å². The zero-order valence-corrected chi connectivity index (χ0v) is 11.6. The van der Waals surface area contributed by atoms with Gasteiger partial charge in [-0.2, -0.15) is 9.57 Å². The second-order valence-corrected chi connectivity index (χ2v) is 6.70. The van der Waals surface area contributed by atoms with Crippen LogP contribution in [-0.4, -0.2) is 25.8 Å².